The number of halogens is 4. The molecule has 2 aromatic heterocycles. The zero-order valence-electron chi connectivity index (χ0n) is 15.1. The Labute approximate surface area is 173 Å². The van der Waals surface area contributed by atoms with Crippen molar-refractivity contribution in [1.82, 2.24) is 19.9 Å². The lowest BCUT2D eigenvalue weighted by Crippen LogP contribution is -2.14. The molecule has 0 aliphatic carbocycles. The molecule has 2 rings (SSSR count). The van der Waals surface area contributed by atoms with Crippen molar-refractivity contribution >= 4 is 41.2 Å². The van der Waals surface area contributed by atoms with E-state index in [1.165, 1.54) is 13.2 Å². The van der Waals surface area contributed by atoms with Gasteiger partial charge in [-0.3, -0.25) is 0 Å². The third-order valence-electron chi connectivity index (χ3n) is 2.91. The van der Waals surface area contributed by atoms with Crippen molar-refractivity contribution < 1.29 is 32.6 Å². The fourth-order valence-electron chi connectivity index (χ4n) is 1.70. The molecule has 0 N–H and O–H groups in total. The lowest BCUT2D eigenvalue weighted by molar-refractivity contribution is 0.0570. The van der Waals surface area contributed by atoms with Crippen LogP contribution < -0.4 is 4.74 Å². The first-order chi connectivity index (χ1) is 13.8. The third kappa shape index (κ3) is 6.88. The van der Waals surface area contributed by atoms with Gasteiger partial charge in [-0.25, -0.2) is 38.3 Å². The van der Waals surface area contributed by atoms with Gasteiger partial charge in [0.25, 0.3) is 6.43 Å². The molecule has 2 heterocycles. The SMILES string of the molecule is C=Cc1ncnc(OCC(F)F)c1C(=O)OC.COC(=O)c1c(Cl)ncnc1Cl. The number of ether oxygens (including phenoxy) is 3. The van der Waals surface area contributed by atoms with Crippen LogP contribution >= 0.6 is 23.2 Å². The Bertz CT molecular complexity index is 866. The van der Waals surface area contributed by atoms with Gasteiger partial charge in [0.05, 0.1) is 19.9 Å². The van der Waals surface area contributed by atoms with E-state index in [4.69, 9.17) is 27.9 Å². The average molecular weight is 451 g/mol. The molecule has 2 aromatic rings. The summed E-state index contributed by atoms with van der Waals surface area (Å²) in [5.41, 5.74) is 0.0325. The Morgan fingerprint density at radius 3 is 2.03 bits per heavy atom. The fraction of sp³-hybridized carbons (Fsp3) is 0.250. The van der Waals surface area contributed by atoms with Crippen LogP contribution in [0.3, 0.4) is 0 Å². The van der Waals surface area contributed by atoms with Crippen molar-refractivity contribution in [2.75, 3.05) is 20.8 Å². The molecule has 0 saturated carbocycles. The van der Waals surface area contributed by atoms with E-state index in [9.17, 15) is 18.4 Å². The summed E-state index contributed by atoms with van der Waals surface area (Å²) in [7, 11) is 2.38. The maximum Gasteiger partial charge on any atom is 0.345 e. The number of esters is 2. The van der Waals surface area contributed by atoms with Crippen LogP contribution in [0, 0.1) is 0 Å². The largest absolute Gasteiger partial charge is 0.471 e. The van der Waals surface area contributed by atoms with Gasteiger partial charge < -0.3 is 14.2 Å². The van der Waals surface area contributed by atoms with Gasteiger partial charge in [-0.2, -0.15) is 0 Å². The molecule has 0 unspecified atom stereocenters. The van der Waals surface area contributed by atoms with Crippen molar-refractivity contribution in [3.8, 4) is 5.88 Å². The molecule has 0 bridgehead atoms. The smallest absolute Gasteiger partial charge is 0.345 e. The highest BCUT2D eigenvalue weighted by molar-refractivity contribution is 6.37. The minimum atomic E-state index is -2.66. The molecule has 0 fully saturated rings. The summed E-state index contributed by atoms with van der Waals surface area (Å²) in [6, 6.07) is 0. The fourth-order valence-corrected chi connectivity index (χ4v) is 2.17. The molecule has 0 radical (unpaired) electrons. The maximum absolute atomic E-state index is 12.0. The van der Waals surface area contributed by atoms with Gasteiger partial charge in [0.1, 0.15) is 34.1 Å². The first-order valence-electron chi connectivity index (χ1n) is 7.47. The van der Waals surface area contributed by atoms with Gasteiger partial charge in [-0.15, -0.1) is 0 Å². The van der Waals surface area contributed by atoms with Crippen LogP contribution in [-0.2, 0) is 9.47 Å². The molecule has 156 valence electrons. The van der Waals surface area contributed by atoms with Gasteiger partial charge in [-0.1, -0.05) is 29.8 Å². The molecule has 0 amide bonds. The van der Waals surface area contributed by atoms with E-state index in [1.54, 1.807) is 0 Å². The Morgan fingerprint density at radius 2 is 1.55 bits per heavy atom. The number of rotatable bonds is 6. The van der Waals surface area contributed by atoms with Crippen molar-refractivity contribution in [3.05, 3.63) is 46.4 Å². The molecule has 9 nitrogen and oxygen atoms in total. The van der Waals surface area contributed by atoms with Gasteiger partial charge in [-0.05, 0) is 6.08 Å². The number of carbonyl (C=O) groups excluding carboxylic acids is 2. The van der Waals surface area contributed by atoms with E-state index < -0.39 is 25.0 Å². The standard InChI is InChI=1S/C10H10F2N2O3.C6H4Cl2N2O2/c1-3-6-8(10(15)16-2)9(14-5-13-6)17-4-7(11)12;1-12-6(11)3-4(7)9-2-10-5(3)8/h3,5,7H,1,4H2,2H3;2H,1H3. The zero-order valence-corrected chi connectivity index (χ0v) is 16.6. The molecular formula is C16H14Cl2F2N4O5. The molecule has 0 aliphatic rings. The molecule has 13 heteroatoms. The summed E-state index contributed by atoms with van der Waals surface area (Å²) in [5.74, 6) is -1.67. The Balaban J connectivity index is 0.000000308. The number of hydrogen-bond acceptors (Lipinski definition) is 9. The van der Waals surface area contributed by atoms with Crippen molar-refractivity contribution in [2.45, 2.75) is 6.43 Å². The summed E-state index contributed by atoms with van der Waals surface area (Å²) in [6.45, 7) is 2.58. The van der Waals surface area contributed by atoms with E-state index in [1.807, 2.05) is 0 Å². The van der Waals surface area contributed by atoms with Gasteiger partial charge in [0, 0.05) is 0 Å². The first kappa shape index (κ1) is 24.1. The third-order valence-corrected chi connectivity index (χ3v) is 3.49. The highest BCUT2D eigenvalue weighted by Gasteiger charge is 2.20. The van der Waals surface area contributed by atoms with Crippen molar-refractivity contribution in [2.24, 2.45) is 0 Å². The molecular weight excluding hydrogens is 437 g/mol. The summed E-state index contributed by atoms with van der Waals surface area (Å²) in [4.78, 5) is 37.0. The first-order valence-corrected chi connectivity index (χ1v) is 8.23. The minimum Gasteiger partial charge on any atom is -0.471 e. The zero-order chi connectivity index (χ0) is 22.0. The predicted molar refractivity (Wildman–Crippen MR) is 98.4 cm³/mol. The lowest BCUT2D eigenvalue weighted by Gasteiger charge is -2.09. The van der Waals surface area contributed by atoms with Crippen LogP contribution in [0.1, 0.15) is 26.4 Å². The molecule has 0 saturated heterocycles. The molecule has 0 atom stereocenters. The second-order valence-corrected chi connectivity index (χ2v) is 5.37. The molecule has 0 aromatic carbocycles. The van der Waals surface area contributed by atoms with Crippen LogP contribution in [0.2, 0.25) is 10.3 Å². The van der Waals surface area contributed by atoms with Crippen molar-refractivity contribution in [3.63, 3.8) is 0 Å². The maximum atomic E-state index is 12.0. The minimum absolute atomic E-state index is 0.0108. The van der Waals surface area contributed by atoms with E-state index >= 15 is 0 Å². The van der Waals surface area contributed by atoms with Crippen LogP contribution in [0.25, 0.3) is 6.08 Å². The van der Waals surface area contributed by atoms with E-state index in [0.29, 0.717) is 0 Å². The number of methoxy groups -OCH3 is 2. The predicted octanol–water partition coefficient (Wildman–Crippen LogP) is 3.12. The Kier molecular flexibility index (Phi) is 9.83. The summed E-state index contributed by atoms with van der Waals surface area (Å²) < 4.78 is 37.6. The highest BCUT2D eigenvalue weighted by Crippen LogP contribution is 2.21. The van der Waals surface area contributed by atoms with E-state index in [2.05, 4.69) is 36.0 Å². The monoisotopic (exact) mass is 450 g/mol. The second kappa shape index (κ2) is 11.8. The number of nitrogens with zero attached hydrogens (tertiary/aromatic N) is 4. The topological polar surface area (TPSA) is 113 Å². The molecule has 29 heavy (non-hydrogen) atoms. The average Bonchev–Trinajstić information content (AvgIpc) is 2.71. The lowest BCUT2D eigenvalue weighted by atomic mass is 10.2. The van der Waals surface area contributed by atoms with Crippen molar-refractivity contribution in [1.29, 1.82) is 0 Å². The number of carbonyl (C=O) groups is 2. The van der Waals surface area contributed by atoms with Gasteiger partial charge in [0.2, 0.25) is 5.88 Å². The summed E-state index contributed by atoms with van der Waals surface area (Å²) in [6.07, 6.45) is 0.868. The molecule has 0 aliphatic heterocycles. The molecule has 0 spiro atoms. The van der Waals surface area contributed by atoms with Crippen LogP contribution in [0.5, 0.6) is 5.88 Å². The number of alkyl halides is 2. The summed E-state index contributed by atoms with van der Waals surface area (Å²) >= 11 is 11.1. The Morgan fingerprint density at radius 1 is 1.03 bits per heavy atom. The van der Waals surface area contributed by atoms with E-state index in [-0.39, 0.29) is 33.0 Å². The van der Waals surface area contributed by atoms with Crippen LogP contribution in [0.15, 0.2) is 19.2 Å². The summed E-state index contributed by atoms with van der Waals surface area (Å²) in [5, 5.41) is -0.0244. The second-order valence-electron chi connectivity index (χ2n) is 4.66. The number of hydrogen-bond donors (Lipinski definition) is 0. The number of aromatic nitrogens is 4. The quantitative estimate of drug-likeness (QED) is 0.483. The highest BCUT2D eigenvalue weighted by atomic mass is 35.5. The van der Waals surface area contributed by atoms with Gasteiger partial charge >= 0.3 is 11.9 Å². The van der Waals surface area contributed by atoms with Gasteiger partial charge in [0.15, 0.2) is 6.61 Å². The van der Waals surface area contributed by atoms with Crippen LogP contribution in [-0.4, -0.2) is 59.1 Å². The normalized spacial score (nSPS) is 9.90. The Hall–Kier alpha value is -2.92. The van der Waals surface area contributed by atoms with E-state index in [0.717, 1.165) is 19.8 Å². The van der Waals surface area contributed by atoms with Crippen LogP contribution in [0.4, 0.5) is 8.78 Å².